The number of oxazole rings is 1. The van der Waals surface area contributed by atoms with Crippen LogP contribution in [0.25, 0.3) is 22.7 Å². The quantitative estimate of drug-likeness (QED) is 0.187. The predicted octanol–water partition coefficient (Wildman–Crippen LogP) is 6.60. The Morgan fingerprint density at radius 1 is 0.968 bits per heavy atom. The van der Waals surface area contributed by atoms with Crippen molar-refractivity contribution in [3.05, 3.63) is 108 Å². The number of allylic oxidation sites excluding steroid dienone is 3. The van der Waals surface area contributed by atoms with Crippen molar-refractivity contribution in [2.45, 2.75) is 13.3 Å². The molecule has 0 aliphatic heterocycles. The van der Waals surface area contributed by atoms with Crippen LogP contribution in [0.15, 0.2) is 95.4 Å². The van der Waals surface area contributed by atoms with E-state index in [9.17, 15) is 4.79 Å². The molecule has 1 aromatic heterocycles. The van der Waals surface area contributed by atoms with Crippen LogP contribution in [-0.2, 0) is 0 Å². The molecule has 0 bridgehead atoms. The van der Waals surface area contributed by atoms with E-state index in [0.717, 1.165) is 17.7 Å². The topological polar surface area (TPSA) is 52.3 Å². The summed E-state index contributed by atoms with van der Waals surface area (Å²) in [7, 11) is 0. The van der Waals surface area contributed by atoms with E-state index >= 15 is 0 Å². The largest absolute Gasteiger partial charge is 0.494 e. The standard InChI is InChI=1S/C27H23NO3/c1-2-19-30-22-17-15-21(16-18-22)26(29)23(12-8-11-20-9-4-3-5-10-20)27-28-24-13-6-7-14-25(24)31-27/h3-18H,2,19H2,1H3/b11-8+,23-12-. The molecule has 154 valence electrons. The van der Waals surface area contributed by atoms with E-state index in [4.69, 9.17) is 9.15 Å². The normalized spacial score (nSPS) is 11.8. The summed E-state index contributed by atoms with van der Waals surface area (Å²) in [5, 5.41) is 0. The third-order valence-electron chi connectivity index (χ3n) is 4.71. The molecular formula is C27H23NO3. The van der Waals surface area contributed by atoms with Crippen LogP contribution in [0.4, 0.5) is 0 Å². The summed E-state index contributed by atoms with van der Waals surface area (Å²) < 4.78 is 11.5. The Bertz CT molecular complexity index is 1190. The lowest BCUT2D eigenvalue weighted by molar-refractivity contribution is 0.105. The number of hydrogen-bond donors (Lipinski definition) is 0. The second-order valence-electron chi connectivity index (χ2n) is 7.04. The molecule has 0 atom stereocenters. The van der Waals surface area contributed by atoms with E-state index in [1.165, 1.54) is 0 Å². The summed E-state index contributed by atoms with van der Waals surface area (Å²) in [5.41, 5.74) is 3.34. The van der Waals surface area contributed by atoms with Crippen LogP contribution in [0, 0.1) is 0 Å². The van der Waals surface area contributed by atoms with Gasteiger partial charge in [-0.2, -0.15) is 0 Å². The Kier molecular flexibility index (Phi) is 6.38. The minimum Gasteiger partial charge on any atom is -0.494 e. The fourth-order valence-electron chi connectivity index (χ4n) is 3.13. The average Bonchev–Trinajstić information content (AvgIpc) is 3.25. The van der Waals surface area contributed by atoms with Crippen LogP contribution in [0.1, 0.15) is 35.2 Å². The number of rotatable bonds is 8. The Morgan fingerprint density at radius 2 is 1.71 bits per heavy atom. The lowest BCUT2D eigenvalue weighted by Crippen LogP contribution is -2.03. The number of aromatic nitrogens is 1. The fourth-order valence-corrected chi connectivity index (χ4v) is 3.13. The highest BCUT2D eigenvalue weighted by atomic mass is 16.5. The zero-order chi connectivity index (χ0) is 21.5. The van der Waals surface area contributed by atoms with Crippen LogP contribution in [0.3, 0.4) is 0 Å². The van der Waals surface area contributed by atoms with Gasteiger partial charge in [0.1, 0.15) is 11.3 Å². The van der Waals surface area contributed by atoms with E-state index in [2.05, 4.69) is 11.9 Å². The van der Waals surface area contributed by atoms with Crippen LogP contribution in [0.5, 0.6) is 5.75 Å². The van der Waals surface area contributed by atoms with Gasteiger partial charge in [0.15, 0.2) is 11.4 Å². The van der Waals surface area contributed by atoms with Gasteiger partial charge in [-0.1, -0.05) is 61.5 Å². The fraction of sp³-hybridized carbons (Fsp3) is 0.111. The Hall–Kier alpha value is -3.92. The maximum absolute atomic E-state index is 13.3. The molecule has 4 rings (SSSR count). The van der Waals surface area contributed by atoms with Gasteiger partial charge in [0.2, 0.25) is 5.89 Å². The van der Waals surface area contributed by atoms with Crippen LogP contribution >= 0.6 is 0 Å². The number of carbonyl (C=O) groups excluding carboxylic acids is 1. The van der Waals surface area contributed by atoms with Crippen molar-refractivity contribution in [1.29, 1.82) is 0 Å². The number of ether oxygens (including phenoxy) is 1. The highest BCUT2D eigenvalue weighted by molar-refractivity contribution is 6.28. The van der Waals surface area contributed by atoms with E-state index in [1.807, 2.05) is 78.9 Å². The second kappa shape index (κ2) is 9.72. The summed E-state index contributed by atoms with van der Waals surface area (Å²) in [6.45, 7) is 2.70. The van der Waals surface area contributed by atoms with Gasteiger partial charge in [-0.3, -0.25) is 4.79 Å². The molecule has 1 heterocycles. The molecule has 0 unspecified atom stereocenters. The molecule has 0 saturated heterocycles. The molecule has 4 heteroatoms. The molecule has 4 aromatic rings. The van der Waals surface area contributed by atoms with Crippen LogP contribution in [-0.4, -0.2) is 17.4 Å². The molecule has 4 nitrogen and oxygen atoms in total. The first-order valence-corrected chi connectivity index (χ1v) is 10.3. The van der Waals surface area contributed by atoms with Gasteiger partial charge in [-0.25, -0.2) is 4.98 Å². The maximum Gasteiger partial charge on any atom is 0.231 e. The van der Waals surface area contributed by atoms with Gasteiger partial charge >= 0.3 is 0 Å². The zero-order valence-corrected chi connectivity index (χ0v) is 17.3. The Morgan fingerprint density at radius 3 is 2.45 bits per heavy atom. The number of Topliss-reactive ketones (excluding diaryl/α,β-unsaturated/α-hetero) is 1. The van der Waals surface area contributed by atoms with Crippen molar-refractivity contribution in [3.8, 4) is 5.75 Å². The summed E-state index contributed by atoms with van der Waals surface area (Å²) >= 11 is 0. The number of nitrogens with zero attached hydrogens (tertiary/aromatic N) is 1. The zero-order valence-electron chi connectivity index (χ0n) is 17.3. The summed E-state index contributed by atoms with van der Waals surface area (Å²) in [5.74, 6) is 0.885. The van der Waals surface area contributed by atoms with E-state index in [1.54, 1.807) is 18.2 Å². The van der Waals surface area contributed by atoms with Gasteiger partial charge in [0.05, 0.1) is 12.2 Å². The number of fused-ring (bicyclic) bond motifs is 1. The van der Waals surface area contributed by atoms with Gasteiger partial charge < -0.3 is 9.15 Å². The summed E-state index contributed by atoms with van der Waals surface area (Å²) in [6, 6.07) is 24.6. The minimum absolute atomic E-state index is 0.161. The third-order valence-corrected chi connectivity index (χ3v) is 4.71. The predicted molar refractivity (Wildman–Crippen MR) is 124 cm³/mol. The summed E-state index contributed by atoms with van der Waals surface area (Å²) in [4.78, 5) is 17.9. The number of para-hydroxylation sites is 2. The average molecular weight is 409 g/mol. The highest BCUT2D eigenvalue weighted by Gasteiger charge is 2.19. The first-order valence-electron chi connectivity index (χ1n) is 10.3. The lowest BCUT2D eigenvalue weighted by atomic mass is 10.0. The Labute approximate surface area is 181 Å². The molecule has 3 aromatic carbocycles. The maximum atomic E-state index is 13.3. The molecule has 0 amide bonds. The Balaban J connectivity index is 1.68. The molecule has 0 aliphatic rings. The van der Waals surface area contributed by atoms with Crippen molar-refractivity contribution < 1.29 is 13.9 Å². The van der Waals surface area contributed by atoms with Gasteiger partial charge in [-0.05, 0) is 54.5 Å². The number of hydrogen-bond acceptors (Lipinski definition) is 4. The number of carbonyl (C=O) groups is 1. The smallest absolute Gasteiger partial charge is 0.231 e. The molecule has 0 aliphatic carbocycles. The van der Waals surface area contributed by atoms with Gasteiger partial charge in [0.25, 0.3) is 0 Å². The van der Waals surface area contributed by atoms with Crippen molar-refractivity contribution in [2.24, 2.45) is 0 Å². The first kappa shape index (κ1) is 20.4. The molecule has 0 spiro atoms. The minimum atomic E-state index is -0.161. The first-order chi connectivity index (χ1) is 15.2. The van der Waals surface area contributed by atoms with E-state index in [-0.39, 0.29) is 5.78 Å². The third kappa shape index (κ3) is 4.98. The van der Waals surface area contributed by atoms with Crippen molar-refractivity contribution >= 4 is 28.5 Å². The molecule has 0 radical (unpaired) electrons. The number of benzene rings is 3. The van der Waals surface area contributed by atoms with E-state index in [0.29, 0.717) is 34.7 Å². The highest BCUT2D eigenvalue weighted by Crippen LogP contribution is 2.25. The monoisotopic (exact) mass is 409 g/mol. The van der Waals surface area contributed by atoms with Gasteiger partial charge in [0, 0.05) is 5.56 Å². The molecule has 31 heavy (non-hydrogen) atoms. The lowest BCUT2D eigenvalue weighted by Gasteiger charge is -2.06. The van der Waals surface area contributed by atoms with E-state index < -0.39 is 0 Å². The van der Waals surface area contributed by atoms with Crippen molar-refractivity contribution in [2.75, 3.05) is 6.61 Å². The summed E-state index contributed by atoms with van der Waals surface area (Å²) in [6.07, 6.45) is 6.47. The van der Waals surface area contributed by atoms with Crippen LogP contribution < -0.4 is 4.74 Å². The molecular weight excluding hydrogens is 386 g/mol. The number of ketones is 1. The molecule has 0 fully saturated rings. The van der Waals surface area contributed by atoms with Gasteiger partial charge in [-0.15, -0.1) is 0 Å². The SMILES string of the molecule is CCCOc1ccc(C(=O)/C(=C/C=C/c2ccccc2)c2nc3ccccc3o2)cc1. The second-order valence-corrected chi connectivity index (χ2v) is 7.04. The van der Waals surface area contributed by atoms with Crippen molar-refractivity contribution in [3.63, 3.8) is 0 Å². The van der Waals surface area contributed by atoms with Crippen molar-refractivity contribution in [1.82, 2.24) is 4.98 Å². The van der Waals surface area contributed by atoms with Crippen LogP contribution in [0.2, 0.25) is 0 Å². The molecule has 0 saturated carbocycles. The molecule has 0 N–H and O–H groups in total.